The van der Waals surface area contributed by atoms with Crippen LogP contribution in [-0.4, -0.2) is 56.6 Å². The number of para-hydroxylation sites is 1. The van der Waals surface area contributed by atoms with Crippen LogP contribution in [0, 0.1) is 0 Å². The first-order valence-electron chi connectivity index (χ1n) is 13.0. The molecule has 37 heavy (non-hydrogen) atoms. The van der Waals surface area contributed by atoms with Gasteiger partial charge in [-0.3, -0.25) is 4.79 Å². The fourth-order valence-electron chi connectivity index (χ4n) is 5.31. The van der Waals surface area contributed by atoms with E-state index >= 15 is 0 Å². The zero-order valence-electron chi connectivity index (χ0n) is 21.0. The summed E-state index contributed by atoms with van der Waals surface area (Å²) in [4.78, 5) is 22.8. The first kappa shape index (κ1) is 23.2. The predicted molar refractivity (Wildman–Crippen MR) is 146 cm³/mol. The largest absolute Gasteiger partial charge is 0.339 e. The van der Waals surface area contributed by atoms with Gasteiger partial charge in [-0.05, 0) is 29.7 Å². The Labute approximate surface area is 216 Å². The SMILES string of the molecule is CC[C@@H](C(=O)N1CCN(c2nc3ccccc3c3nnc(Cc4ccccc4)n23)CC1)c1ccccc1. The quantitative estimate of drug-likeness (QED) is 0.345. The highest BCUT2D eigenvalue weighted by molar-refractivity contribution is 5.92. The molecule has 0 unspecified atom stereocenters. The number of hydrogen-bond acceptors (Lipinski definition) is 5. The molecule has 0 radical (unpaired) electrons. The number of amides is 1. The van der Waals surface area contributed by atoms with Crippen LogP contribution in [0.5, 0.6) is 0 Å². The van der Waals surface area contributed by atoms with E-state index in [1.165, 1.54) is 5.56 Å². The maximum Gasteiger partial charge on any atom is 0.230 e. The van der Waals surface area contributed by atoms with Crippen molar-refractivity contribution in [1.29, 1.82) is 0 Å². The van der Waals surface area contributed by atoms with E-state index in [-0.39, 0.29) is 11.8 Å². The molecule has 0 N–H and O–H groups in total. The van der Waals surface area contributed by atoms with Gasteiger partial charge in [-0.25, -0.2) is 9.38 Å². The van der Waals surface area contributed by atoms with Crippen molar-refractivity contribution < 1.29 is 4.79 Å². The summed E-state index contributed by atoms with van der Waals surface area (Å²) < 4.78 is 2.10. The molecule has 6 rings (SSSR count). The van der Waals surface area contributed by atoms with Crippen molar-refractivity contribution in [3.8, 4) is 0 Å². The van der Waals surface area contributed by atoms with Crippen LogP contribution in [0.3, 0.4) is 0 Å². The number of hydrogen-bond donors (Lipinski definition) is 0. The zero-order chi connectivity index (χ0) is 25.2. The first-order valence-corrected chi connectivity index (χ1v) is 13.0. The molecular formula is C30H30N6O. The summed E-state index contributed by atoms with van der Waals surface area (Å²) in [6, 6.07) is 28.5. The Hall–Kier alpha value is -4.26. The summed E-state index contributed by atoms with van der Waals surface area (Å²) in [5, 5.41) is 10.2. The normalized spacial score (nSPS) is 14.8. The maximum absolute atomic E-state index is 13.4. The number of carbonyl (C=O) groups excluding carboxylic acids is 1. The summed E-state index contributed by atoms with van der Waals surface area (Å²) >= 11 is 0. The van der Waals surface area contributed by atoms with Crippen LogP contribution >= 0.6 is 0 Å². The van der Waals surface area contributed by atoms with Crippen molar-refractivity contribution in [3.05, 3.63) is 102 Å². The molecule has 0 aliphatic carbocycles. The highest BCUT2D eigenvalue weighted by Gasteiger charge is 2.29. The molecule has 0 spiro atoms. The van der Waals surface area contributed by atoms with Gasteiger partial charge in [0.2, 0.25) is 11.9 Å². The topological polar surface area (TPSA) is 66.6 Å². The molecule has 0 bridgehead atoms. The van der Waals surface area contributed by atoms with Crippen molar-refractivity contribution in [2.75, 3.05) is 31.1 Å². The molecule has 1 aliphatic rings. The van der Waals surface area contributed by atoms with Gasteiger partial charge in [-0.15, -0.1) is 10.2 Å². The Kier molecular flexibility index (Phi) is 6.26. The maximum atomic E-state index is 13.4. The van der Waals surface area contributed by atoms with Crippen molar-refractivity contribution >= 4 is 28.4 Å². The smallest absolute Gasteiger partial charge is 0.230 e. The van der Waals surface area contributed by atoms with Gasteiger partial charge >= 0.3 is 0 Å². The van der Waals surface area contributed by atoms with E-state index in [4.69, 9.17) is 4.98 Å². The molecule has 0 saturated carbocycles. The fourth-order valence-corrected chi connectivity index (χ4v) is 5.31. The number of rotatable bonds is 6. The molecule has 3 heterocycles. The van der Waals surface area contributed by atoms with Gasteiger partial charge in [0.15, 0.2) is 5.65 Å². The Morgan fingerprint density at radius 1 is 0.838 bits per heavy atom. The van der Waals surface area contributed by atoms with Gasteiger partial charge < -0.3 is 9.80 Å². The second kappa shape index (κ2) is 10.0. The molecule has 7 heteroatoms. The van der Waals surface area contributed by atoms with Gasteiger partial charge in [-0.2, -0.15) is 0 Å². The lowest BCUT2D eigenvalue weighted by atomic mass is 9.95. The van der Waals surface area contributed by atoms with Crippen LogP contribution in [0.15, 0.2) is 84.9 Å². The van der Waals surface area contributed by atoms with Crippen LogP contribution < -0.4 is 4.90 Å². The van der Waals surface area contributed by atoms with Gasteiger partial charge in [0, 0.05) is 38.0 Å². The van der Waals surface area contributed by atoms with Crippen LogP contribution in [0.4, 0.5) is 5.95 Å². The Bertz CT molecular complexity index is 1520. The van der Waals surface area contributed by atoms with E-state index in [0.29, 0.717) is 32.6 Å². The van der Waals surface area contributed by atoms with Crippen LogP contribution in [0.25, 0.3) is 16.6 Å². The van der Waals surface area contributed by atoms with Crippen molar-refractivity contribution in [1.82, 2.24) is 24.5 Å². The monoisotopic (exact) mass is 490 g/mol. The Morgan fingerprint density at radius 2 is 1.51 bits per heavy atom. The van der Waals surface area contributed by atoms with E-state index in [1.54, 1.807) is 0 Å². The molecule has 1 amide bonds. The molecule has 5 aromatic rings. The lowest BCUT2D eigenvalue weighted by molar-refractivity contribution is -0.133. The molecule has 2 aromatic heterocycles. The average Bonchev–Trinajstić information content (AvgIpc) is 3.38. The van der Waals surface area contributed by atoms with Crippen molar-refractivity contribution in [2.24, 2.45) is 0 Å². The molecule has 1 atom stereocenters. The number of aromatic nitrogens is 4. The third-order valence-corrected chi connectivity index (χ3v) is 7.28. The first-order chi connectivity index (χ1) is 18.2. The zero-order valence-corrected chi connectivity index (χ0v) is 21.0. The fraction of sp³-hybridized carbons (Fsp3) is 0.267. The third kappa shape index (κ3) is 4.42. The third-order valence-electron chi connectivity index (χ3n) is 7.28. The minimum atomic E-state index is -0.103. The molecule has 1 saturated heterocycles. The molecule has 7 nitrogen and oxygen atoms in total. The molecule has 1 fully saturated rings. The van der Waals surface area contributed by atoms with E-state index in [1.807, 2.05) is 65.6 Å². The lowest BCUT2D eigenvalue weighted by Gasteiger charge is -2.37. The van der Waals surface area contributed by atoms with E-state index < -0.39 is 0 Å². The summed E-state index contributed by atoms with van der Waals surface area (Å²) in [6.07, 6.45) is 1.46. The summed E-state index contributed by atoms with van der Waals surface area (Å²) in [5.74, 6) is 1.81. The molecule has 3 aromatic carbocycles. The minimum Gasteiger partial charge on any atom is -0.339 e. The molecule has 1 aliphatic heterocycles. The standard InChI is InChI=1S/C30H30N6O/c1-2-24(23-13-7-4-8-14-23)29(37)34-17-19-35(20-18-34)30-31-26-16-10-9-15-25(26)28-33-32-27(36(28)30)21-22-11-5-3-6-12-22/h3-16,24H,2,17-21H2,1H3/t24-/m1/s1. The second-order valence-corrected chi connectivity index (χ2v) is 9.55. The molecule has 186 valence electrons. The Balaban J connectivity index is 1.30. The number of benzene rings is 3. The Morgan fingerprint density at radius 3 is 2.24 bits per heavy atom. The van der Waals surface area contributed by atoms with Gasteiger partial charge in [0.25, 0.3) is 0 Å². The van der Waals surface area contributed by atoms with E-state index in [9.17, 15) is 4.79 Å². The van der Waals surface area contributed by atoms with Crippen LogP contribution in [0.1, 0.15) is 36.2 Å². The molecular weight excluding hydrogens is 460 g/mol. The number of nitrogens with zero attached hydrogens (tertiary/aromatic N) is 6. The van der Waals surface area contributed by atoms with Crippen molar-refractivity contribution in [2.45, 2.75) is 25.7 Å². The number of piperazine rings is 1. The summed E-state index contributed by atoms with van der Waals surface area (Å²) in [5.41, 5.74) is 3.99. The number of fused-ring (bicyclic) bond motifs is 3. The van der Waals surface area contributed by atoms with Crippen LogP contribution in [-0.2, 0) is 11.2 Å². The van der Waals surface area contributed by atoms with Crippen LogP contribution in [0.2, 0.25) is 0 Å². The average molecular weight is 491 g/mol. The second-order valence-electron chi connectivity index (χ2n) is 9.55. The van der Waals surface area contributed by atoms with E-state index in [0.717, 1.165) is 40.3 Å². The van der Waals surface area contributed by atoms with Gasteiger partial charge in [-0.1, -0.05) is 79.7 Å². The van der Waals surface area contributed by atoms with Crippen molar-refractivity contribution in [3.63, 3.8) is 0 Å². The predicted octanol–water partition coefficient (Wildman–Crippen LogP) is 4.71. The number of anilines is 1. The highest BCUT2D eigenvalue weighted by Crippen LogP contribution is 2.27. The van der Waals surface area contributed by atoms with Gasteiger partial charge in [0.1, 0.15) is 5.82 Å². The summed E-state index contributed by atoms with van der Waals surface area (Å²) in [6.45, 7) is 4.82. The van der Waals surface area contributed by atoms with Gasteiger partial charge in [0.05, 0.1) is 11.4 Å². The number of carbonyl (C=O) groups is 1. The lowest BCUT2D eigenvalue weighted by Crippen LogP contribution is -2.50. The minimum absolute atomic E-state index is 0.103. The van der Waals surface area contributed by atoms with E-state index in [2.05, 4.69) is 50.7 Å². The highest BCUT2D eigenvalue weighted by atomic mass is 16.2. The summed E-state index contributed by atoms with van der Waals surface area (Å²) in [7, 11) is 0.